The molecular weight excluding hydrogens is 352 g/mol. The number of benzene rings is 1. The van der Waals surface area contributed by atoms with Gasteiger partial charge >= 0.3 is 0 Å². The Morgan fingerprint density at radius 3 is 2.54 bits per heavy atom. The molecule has 0 radical (unpaired) electrons. The molecule has 0 saturated carbocycles. The summed E-state index contributed by atoms with van der Waals surface area (Å²) in [6.45, 7) is 7.18. The first-order valence-electron chi connectivity index (χ1n) is 8.89. The summed E-state index contributed by atoms with van der Waals surface area (Å²) in [4.78, 5) is 0.437. The molecule has 1 aromatic carbocycles. The Hall–Kier alpha value is -1.77. The third-order valence-corrected chi connectivity index (χ3v) is 7.05. The summed E-state index contributed by atoms with van der Waals surface area (Å²) >= 11 is 0. The molecule has 1 saturated heterocycles. The van der Waals surface area contributed by atoms with Gasteiger partial charge in [-0.15, -0.1) is 5.10 Å². The normalized spacial score (nSPS) is 19.0. The number of aromatic nitrogens is 3. The molecule has 1 fully saturated rings. The van der Waals surface area contributed by atoms with E-state index >= 15 is 0 Å². The van der Waals surface area contributed by atoms with Crippen LogP contribution in [0.25, 0.3) is 0 Å². The summed E-state index contributed by atoms with van der Waals surface area (Å²) in [5, 5.41) is 17.0. The van der Waals surface area contributed by atoms with Crippen molar-refractivity contribution in [2.45, 2.75) is 51.7 Å². The predicted molar refractivity (Wildman–Crippen MR) is 98.1 cm³/mol. The van der Waals surface area contributed by atoms with Crippen molar-refractivity contribution < 1.29 is 13.5 Å². The Morgan fingerprint density at radius 2 is 1.92 bits per heavy atom. The van der Waals surface area contributed by atoms with Gasteiger partial charge in [0.25, 0.3) is 0 Å². The van der Waals surface area contributed by atoms with Crippen LogP contribution < -0.4 is 0 Å². The fourth-order valence-electron chi connectivity index (χ4n) is 3.86. The van der Waals surface area contributed by atoms with E-state index in [1.54, 1.807) is 15.2 Å². The maximum absolute atomic E-state index is 13.2. The molecule has 1 aliphatic heterocycles. The lowest BCUT2D eigenvalue weighted by Gasteiger charge is -2.32. The lowest BCUT2D eigenvalue weighted by Crippen LogP contribution is -2.41. The van der Waals surface area contributed by atoms with E-state index in [-0.39, 0.29) is 12.5 Å². The molecule has 1 aromatic heterocycles. The van der Waals surface area contributed by atoms with E-state index in [1.807, 2.05) is 32.9 Å². The van der Waals surface area contributed by atoms with Gasteiger partial charge in [0.15, 0.2) is 0 Å². The third kappa shape index (κ3) is 3.82. The Bertz CT molecular complexity index is 869. The molecule has 2 heterocycles. The number of aliphatic hydroxyl groups excluding tert-OH is 1. The summed E-state index contributed by atoms with van der Waals surface area (Å²) < 4.78 is 29.8. The van der Waals surface area contributed by atoms with Crippen molar-refractivity contribution in [3.63, 3.8) is 0 Å². The smallest absolute Gasteiger partial charge is 0.243 e. The van der Waals surface area contributed by atoms with Crippen molar-refractivity contribution in [3.8, 4) is 0 Å². The van der Waals surface area contributed by atoms with Gasteiger partial charge < -0.3 is 5.11 Å². The Kier molecular flexibility index (Phi) is 5.45. The molecular formula is C18H26N4O3S. The fraction of sp³-hybridized carbons (Fsp3) is 0.556. The van der Waals surface area contributed by atoms with Crippen LogP contribution in [0.1, 0.15) is 35.2 Å². The molecule has 0 amide bonds. The second kappa shape index (κ2) is 7.46. The van der Waals surface area contributed by atoms with Gasteiger partial charge in [-0.25, -0.2) is 8.42 Å². The second-order valence-corrected chi connectivity index (χ2v) is 9.06. The molecule has 0 unspecified atom stereocenters. The molecule has 0 aliphatic carbocycles. The number of sulfonamides is 1. The molecule has 0 bridgehead atoms. The zero-order valence-electron chi connectivity index (χ0n) is 15.5. The van der Waals surface area contributed by atoms with Gasteiger partial charge in [0.05, 0.1) is 17.7 Å². The van der Waals surface area contributed by atoms with E-state index in [9.17, 15) is 8.42 Å². The largest absolute Gasteiger partial charge is 0.390 e. The lowest BCUT2D eigenvalue weighted by atomic mass is 10.00. The van der Waals surface area contributed by atoms with E-state index in [0.29, 0.717) is 30.2 Å². The van der Waals surface area contributed by atoms with Gasteiger partial charge in [0.1, 0.15) is 5.69 Å². The Morgan fingerprint density at radius 1 is 1.23 bits per heavy atom. The number of aryl methyl sites for hydroxylation is 3. The molecule has 3 rings (SSSR count). The van der Waals surface area contributed by atoms with E-state index in [1.165, 1.54) is 0 Å². The maximum Gasteiger partial charge on any atom is 0.243 e. The van der Waals surface area contributed by atoms with Crippen LogP contribution in [0.15, 0.2) is 23.2 Å². The minimum absolute atomic E-state index is 0.142. The van der Waals surface area contributed by atoms with Gasteiger partial charge in [0, 0.05) is 19.6 Å². The molecule has 2 aromatic rings. The standard InChI is InChI=1S/C18H26N4O3S/c1-13-7-14(2)18(15(3)8-13)26(24,25)22-6-4-5-16(10-22)9-21-11-17(12-23)19-20-21/h7-8,11,16,23H,4-6,9-10,12H2,1-3H3/t16-/m0/s1. The number of nitrogens with zero attached hydrogens (tertiary/aromatic N) is 4. The monoisotopic (exact) mass is 378 g/mol. The first kappa shape index (κ1) is 19.0. The van der Waals surface area contributed by atoms with Crippen LogP contribution in [-0.4, -0.2) is 45.9 Å². The molecule has 26 heavy (non-hydrogen) atoms. The Labute approximate surface area is 154 Å². The van der Waals surface area contributed by atoms with Crippen molar-refractivity contribution in [2.75, 3.05) is 13.1 Å². The van der Waals surface area contributed by atoms with E-state index in [2.05, 4.69) is 10.3 Å². The Balaban J connectivity index is 1.80. The van der Waals surface area contributed by atoms with E-state index in [4.69, 9.17) is 5.11 Å². The van der Waals surface area contributed by atoms with Crippen LogP contribution in [0.4, 0.5) is 0 Å². The highest BCUT2D eigenvalue weighted by Gasteiger charge is 2.32. The average molecular weight is 378 g/mol. The van der Waals surface area contributed by atoms with Crippen molar-refractivity contribution in [3.05, 3.63) is 40.7 Å². The average Bonchev–Trinajstić information content (AvgIpc) is 3.01. The third-order valence-electron chi connectivity index (χ3n) is 4.88. The van der Waals surface area contributed by atoms with Crippen LogP contribution in [-0.2, 0) is 23.2 Å². The second-order valence-electron chi connectivity index (χ2n) is 7.19. The highest BCUT2D eigenvalue weighted by Crippen LogP contribution is 2.29. The molecule has 1 atom stereocenters. The molecule has 1 N–H and O–H groups in total. The minimum atomic E-state index is -3.52. The van der Waals surface area contributed by atoms with Crippen LogP contribution >= 0.6 is 0 Å². The van der Waals surface area contributed by atoms with E-state index < -0.39 is 10.0 Å². The van der Waals surface area contributed by atoms with E-state index in [0.717, 1.165) is 29.5 Å². The predicted octanol–water partition coefficient (Wildman–Crippen LogP) is 1.80. The summed E-state index contributed by atoms with van der Waals surface area (Å²) in [5.41, 5.74) is 3.19. The van der Waals surface area contributed by atoms with Crippen LogP contribution in [0.5, 0.6) is 0 Å². The first-order chi connectivity index (χ1) is 12.3. The number of hydrogen-bond donors (Lipinski definition) is 1. The number of aliphatic hydroxyl groups is 1. The van der Waals surface area contributed by atoms with Crippen LogP contribution in [0, 0.1) is 26.7 Å². The van der Waals surface area contributed by atoms with Crippen LogP contribution in [0.2, 0.25) is 0 Å². The highest BCUT2D eigenvalue weighted by atomic mass is 32.2. The first-order valence-corrected chi connectivity index (χ1v) is 10.3. The number of piperidine rings is 1. The maximum atomic E-state index is 13.2. The molecule has 8 heteroatoms. The summed E-state index contributed by atoms with van der Waals surface area (Å²) in [6.07, 6.45) is 3.49. The molecule has 7 nitrogen and oxygen atoms in total. The summed E-state index contributed by atoms with van der Waals surface area (Å²) in [5.74, 6) is 0.179. The summed E-state index contributed by atoms with van der Waals surface area (Å²) in [6, 6.07) is 3.85. The van der Waals surface area contributed by atoms with Gasteiger partial charge in [0.2, 0.25) is 10.0 Å². The van der Waals surface area contributed by atoms with Crippen molar-refractivity contribution in [1.82, 2.24) is 19.3 Å². The highest BCUT2D eigenvalue weighted by molar-refractivity contribution is 7.89. The van der Waals surface area contributed by atoms with Crippen LogP contribution in [0.3, 0.4) is 0 Å². The number of hydrogen-bond acceptors (Lipinski definition) is 5. The van der Waals surface area contributed by atoms with Gasteiger partial charge in [-0.1, -0.05) is 22.9 Å². The fourth-order valence-corrected chi connectivity index (χ4v) is 5.83. The van der Waals surface area contributed by atoms with Crippen molar-refractivity contribution in [2.24, 2.45) is 5.92 Å². The SMILES string of the molecule is Cc1cc(C)c(S(=O)(=O)N2CCC[C@@H](Cn3cc(CO)nn3)C2)c(C)c1. The number of rotatable bonds is 5. The van der Waals surface area contributed by atoms with Crippen molar-refractivity contribution >= 4 is 10.0 Å². The lowest BCUT2D eigenvalue weighted by molar-refractivity contribution is 0.238. The van der Waals surface area contributed by atoms with Gasteiger partial charge in [-0.3, -0.25) is 4.68 Å². The minimum Gasteiger partial charge on any atom is -0.390 e. The quantitative estimate of drug-likeness (QED) is 0.857. The zero-order chi connectivity index (χ0) is 18.9. The van der Waals surface area contributed by atoms with Gasteiger partial charge in [-0.05, 0) is 50.7 Å². The molecule has 1 aliphatic rings. The van der Waals surface area contributed by atoms with Crippen molar-refractivity contribution in [1.29, 1.82) is 0 Å². The zero-order valence-corrected chi connectivity index (χ0v) is 16.3. The van der Waals surface area contributed by atoms with Gasteiger partial charge in [-0.2, -0.15) is 4.31 Å². The molecule has 0 spiro atoms. The molecule has 142 valence electrons. The topological polar surface area (TPSA) is 88.3 Å². The summed E-state index contributed by atoms with van der Waals surface area (Å²) in [7, 11) is -3.52.